The molecule has 0 amide bonds. The lowest BCUT2D eigenvalue weighted by Gasteiger charge is -2.33. The highest BCUT2D eigenvalue weighted by Gasteiger charge is 2.39. The van der Waals surface area contributed by atoms with Gasteiger partial charge in [-0.25, -0.2) is 0 Å². The molecule has 0 aromatic rings. The summed E-state index contributed by atoms with van der Waals surface area (Å²) < 4.78 is 33.1. The summed E-state index contributed by atoms with van der Waals surface area (Å²) in [7, 11) is -1.72. The fourth-order valence-electron chi connectivity index (χ4n) is 2.36. The van der Waals surface area contributed by atoms with Crippen molar-refractivity contribution < 1.29 is 13.2 Å². The second-order valence-electron chi connectivity index (χ2n) is 4.65. The van der Waals surface area contributed by atoms with Crippen LogP contribution >= 0.6 is 11.6 Å². The summed E-state index contributed by atoms with van der Waals surface area (Å²) in [4.78, 5) is 0. The third-order valence-corrected chi connectivity index (χ3v) is 5.53. The Morgan fingerprint density at radius 2 is 1.94 bits per heavy atom. The Labute approximate surface area is 108 Å². The fraction of sp³-hybridized carbons (Fsp3) is 1.00. The van der Waals surface area contributed by atoms with E-state index in [0.717, 1.165) is 12.8 Å². The first-order valence-electron chi connectivity index (χ1n) is 5.97. The van der Waals surface area contributed by atoms with Crippen LogP contribution in [0.25, 0.3) is 0 Å². The molecule has 0 saturated carbocycles. The molecule has 0 spiro atoms. The summed E-state index contributed by atoms with van der Waals surface area (Å²) in [6.07, 6.45) is 2.80. The molecule has 2 saturated heterocycles. The van der Waals surface area contributed by atoms with Crippen LogP contribution in [0.1, 0.15) is 19.3 Å². The first-order chi connectivity index (χ1) is 8.04. The van der Waals surface area contributed by atoms with Gasteiger partial charge in [-0.15, -0.1) is 11.6 Å². The van der Waals surface area contributed by atoms with Crippen molar-refractivity contribution in [2.75, 3.05) is 32.6 Å². The minimum atomic E-state index is -3.33. The van der Waals surface area contributed by atoms with Gasteiger partial charge in [-0.3, -0.25) is 0 Å². The van der Waals surface area contributed by atoms with Gasteiger partial charge in [0.05, 0.1) is 12.2 Å². The lowest BCUT2D eigenvalue weighted by Crippen LogP contribution is -2.50. The average molecular weight is 283 g/mol. The van der Waals surface area contributed by atoms with E-state index in [-0.39, 0.29) is 12.2 Å². The van der Waals surface area contributed by atoms with Gasteiger partial charge >= 0.3 is 0 Å². The number of hydrogen-bond donors (Lipinski definition) is 0. The molecule has 2 unspecified atom stereocenters. The van der Waals surface area contributed by atoms with Gasteiger partial charge in [0.1, 0.15) is 0 Å². The number of nitrogens with zero attached hydrogens (tertiary/aromatic N) is 2. The minimum Gasteiger partial charge on any atom is -0.372 e. The molecular weight excluding hydrogens is 264 g/mol. The van der Waals surface area contributed by atoms with Crippen molar-refractivity contribution >= 4 is 21.8 Å². The van der Waals surface area contributed by atoms with E-state index in [2.05, 4.69) is 0 Å². The van der Waals surface area contributed by atoms with E-state index in [9.17, 15) is 8.42 Å². The lowest BCUT2D eigenvalue weighted by molar-refractivity contribution is -0.0129. The van der Waals surface area contributed by atoms with Crippen LogP contribution in [0.3, 0.4) is 0 Å². The van der Waals surface area contributed by atoms with Crippen LogP contribution in [0, 0.1) is 0 Å². The van der Waals surface area contributed by atoms with Gasteiger partial charge in [-0.05, 0) is 19.3 Å². The van der Waals surface area contributed by atoms with E-state index in [0.29, 0.717) is 31.9 Å². The molecule has 2 aliphatic heterocycles. The van der Waals surface area contributed by atoms with Gasteiger partial charge in [0.25, 0.3) is 10.2 Å². The predicted molar refractivity (Wildman–Crippen MR) is 66.4 cm³/mol. The second kappa shape index (κ2) is 5.40. The molecule has 0 aromatic heterocycles. The molecule has 5 nitrogen and oxygen atoms in total. The van der Waals surface area contributed by atoms with Crippen molar-refractivity contribution in [2.24, 2.45) is 0 Å². The van der Waals surface area contributed by atoms with Gasteiger partial charge in [0, 0.05) is 32.6 Å². The van der Waals surface area contributed by atoms with Crippen LogP contribution < -0.4 is 0 Å². The summed E-state index contributed by atoms with van der Waals surface area (Å²) in [5.74, 6) is 0.480. The molecule has 2 atom stereocenters. The molecule has 0 N–H and O–H groups in total. The first-order valence-corrected chi connectivity index (χ1v) is 7.90. The van der Waals surface area contributed by atoms with E-state index in [4.69, 9.17) is 16.3 Å². The van der Waals surface area contributed by atoms with Crippen LogP contribution in [-0.4, -0.2) is 61.8 Å². The number of alkyl halides is 1. The Balaban J connectivity index is 2.00. The zero-order valence-electron chi connectivity index (χ0n) is 10.0. The number of morpholine rings is 1. The van der Waals surface area contributed by atoms with Crippen LogP contribution in [-0.2, 0) is 14.9 Å². The second-order valence-corrected chi connectivity index (χ2v) is 7.06. The lowest BCUT2D eigenvalue weighted by atomic mass is 10.2. The smallest absolute Gasteiger partial charge is 0.281 e. The quantitative estimate of drug-likeness (QED) is 0.696. The Hall–Kier alpha value is 0.120. The molecule has 2 rings (SSSR count). The third-order valence-electron chi connectivity index (χ3n) is 3.34. The maximum atomic E-state index is 12.3. The highest BCUT2D eigenvalue weighted by molar-refractivity contribution is 7.86. The monoisotopic (exact) mass is 282 g/mol. The average Bonchev–Trinajstić information content (AvgIpc) is 2.64. The van der Waals surface area contributed by atoms with E-state index < -0.39 is 10.2 Å². The molecular formula is C10H19ClN2O3S. The zero-order chi connectivity index (χ0) is 12.5. The Bertz CT molecular complexity index is 351. The van der Waals surface area contributed by atoms with Crippen molar-refractivity contribution in [1.82, 2.24) is 8.61 Å². The number of halogens is 1. The van der Waals surface area contributed by atoms with E-state index in [1.54, 1.807) is 11.4 Å². The molecule has 0 aromatic carbocycles. The zero-order valence-corrected chi connectivity index (χ0v) is 11.6. The molecule has 100 valence electrons. The largest absolute Gasteiger partial charge is 0.372 e. The molecule has 2 bridgehead atoms. The van der Waals surface area contributed by atoms with Crippen molar-refractivity contribution in [1.29, 1.82) is 0 Å². The highest BCUT2D eigenvalue weighted by Crippen LogP contribution is 2.28. The molecule has 0 aliphatic carbocycles. The van der Waals surface area contributed by atoms with Crippen LogP contribution in [0.4, 0.5) is 0 Å². The Morgan fingerprint density at radius 3 is 2.47 bits per heavy atom. The summed E-state index contributed by atoms with van der Waals surface area (Å²) in [5, 5.41) is 0. The highest BCUT2D eigenvalue weighted by atomic mass is 35.5. The van der Waals surface area contributed by atoms with Gasteiger partial charge in [0.15, 0.2) is 0 Å². The molecule has 2 heterocycles. The minimum absolute atomic E-state index is 0.0879. The topological polar surface area (TPSA) is 49.9 Å². The Kier molecular flexibility index (Phi) is 4.31. The maximum Gasteiger partial charge on any atom is 0.281 e. The fourth-order valence-corrected chi connectivity index (χ4v) is 3.94. The van der Waals surface area contributed by atoms with Gasteiger partial charge in [-0.1, -0.05) is 0 Å². The SMILES string of the molecule is CN(CCCCl)S(=O)(=O)N1CC2CCC(C1)O2. The molecule has 17 heavy (non-hydrogen) atoms. The Morgan fingerprint density at radius 1 is 1.35 bits per heavy atom. The molecule has 7 heteroatoms. The van der Waals surface area contributed by atoms with E-state index in [1.165, 1.54) is 4.31 Å². The predicted octanol–water partition coefficient (Wildman–Crippen LogP) is 0.655. The summed E-state index contributed by atoms with van der Waals surface area (Å²) >= 11 is 5.58. The third kappa shape index (κ3) is 2.93. The van der Waals surface area contributed by atoms with E-state index in [1.807, 2.05) is 0 Å². The van der Waals surface area contributed by atoms with Crippen molar-refractivity contribution in [3.63, 3.8) is 0 Å². The van der Waals surface area contributed by atoms with Crippen LogP contribution in [0.2, 0.25) is 0 Å². The molecule has 2 fully saturated rings. The summed E-state index contributed by atoms with van der Waals surface area (Å²) in [6.45, 7) is 1.45. The number of fused-ring (bicyclic) bond motifs is 2. The van der Waals surface area contributed by atoms with E-state index >= 15 is 0 Å². The number of rotatable bonds is 5. The van der Waals surface area contributed by atoms with Crippen LogP contribution in [0.5, 0.6) is 0 Å². The summed E-state index contributed by atoms with van der Waals surface area (Å²) in [5.41, 5.74) is 0. The maximum absolute atomic E-state index is 12.3. The standard InChI is InChI=1S/C10H19ClN2O3S/c1-12(6-2-5-11)17(14,15)13-7-9-3-4-10(8-13)16-9/h9-10H,2-8H2,1H3. The number of hydrogen-bond acceptors (Lipinski definition) is 3. The van der Waals surface area contributed by atoms with Crippen molar-refractivity contribution in [3.05, 3.63) is 0 Å². The molecule has 0 radical (unpaired) electrons. The van der Waals surface area contributed by atoms with Crippen molar-refractivity contribution in [2.45, 2.75) is 31.5 Å². The summed E-state index contributed by atoms with van der Waals surface area (Å²) in [6, 6.07) is 0. The van der Waals surface area contributed by atoms with Gasteiger partial charge in [0.2, 0.25) is 0 Å². The van der Waals surface area contributed by atoms with Gasteiger partial charge < -0.3 is 4.74 Å². The number of ether oxygens (including phenoxy) is 1. The van der Waals surface area contributed by atoms with Crippen LogP contribution in [0.15, 0.2) is 0 Å². The normalized spacial score (nSPS) is 30.1. The van der Waals surface area contributed by atoms with Gasteiger partial charge in [-0.2, -0.15) is 17.0 Å². The van der Waals surface area contributed by atoms with Crippen molar-refractivity contribution in [3.8, 4) is 0 Å². The molecule has 2 aliphatic rings. The first kappa shape index (κ1) is 13.5.